The van der Waals surface area contributed by atoms with Gasteiger partial charge in [-0.3, -0.25) is 9.59 Å². The van der Waals surface area contributed by atoms with Crippen molar-refractivity contribution in [2.45, 2.75) is 18.3 Å². The first kappa shape index (κ1) is 15.3. The lowest BCUT2D eigenvalue weighted by Crippen LogP contribution is -2.39. The fraction of sp³-hybridized carbons (Fsp3) is 0.294. The van der Waals surface area contributed by atoms with Crippen molar-refractivity contribution in [3.8, 4) is 0 Å². The minimum atomic E-state index is -0.543. The van der Waals surface area contributed by atoms with Crippen LogP contribution in [-0.4, -0.2) is 24.9 Å². The lowest BCUT2D eigenvalue weighted by atomic mass is 9.95. The molecule has 0 unspecified atom stereocenters. The highest BCUT2D eigenvalue weighted by molar-refractivity contribution is 5.92. The van der Waals surface area contributed by atoms with Gasteiger partial charge in [0.15, 0.2) is 5.76 Å². The number of carbonyl (C=O) groups is 2. The van der Waals surface area contributed by atoms with Gasteiger partial charge in [-0.25, -0.2) is 4.39 Å². The van der Waals surface area contributed by atoms with Crippen molar-refractivity contribution in [3.63, 3.8) is 0 Å². The Morgan fingerprint density at radius 3 is 2.39 bits per heavy atom. The fourth-order valence-corrected chi connectivity index (χ4v) is 2.56. The summed E-state index contributed by atoms with van der Waals surface area (Å²) < 4.78 is 18.0. The number of rotatable bonds is 6. The number of hydrogen-bond donors (Lipinski definition) is 2. The molecule has 0 spiro atoms. The van der Waals surface area contributed by atoms with Crippen molar-refractivity contribution in [2.75, 3.05) is 13.1 Å². The molecule has 1 heterocycles. The van der Waals surface area contributed by atoms with E-state index in [1.165, 1.54) is 18.4 Å². The van der Waals surface area contributed by atoms with Gasteiger partial charge in [-0.1, -0.05) is 12.1 Å². The van der Waals surface area contributed by atoms with E-state index >= 15 is 0 Å². The Labute approximate surface area is 132 Å². The smallest absolute Gasteiger partial charge is 0.287 e. The molecule has 2 amide bonds. The second-order valence-electron chi connectivity index (χ2n) is 5.58. The van der Waals surface area contributed by atoms with Gasteiger partial charge in [-0.2, -0.15) is 0 Å². The molecule has 5 nitrogen and oxygen atoms in total. The normalized spacial score (nSPS) is 15.0. The summed E-state index contributed by atoms with van der Waals surface area (Å²) in [4.78, 5) is 24.0. The maximum absolute atomic E-state index is 13.0. The third kappa shape index (κ3) is 3.26. The molecule has 6 heteroatoms. The summed E-state index contributed by atoms with van der Waals surface area (Å²) in [6.45, 7) is 0.638. The highest BCUT2D eigenvalue weighted by Crippen LogP contribution is 2.48. The largest absolute Gasteiger partial charge is 0.459 e. The molecule has 2 N–H and O–H groups in total. The van der Waals surface area contributed by atoms with Crippen LogP contribution in [0.1, 0.15) is 29.0 Å². The Morgan fingerprint density at radius 2 is 1.78 bits per heavy atom. The molecule has 120 valence electrons. The molecular formula is C17H17FN2O3. The van der Waals surface area contributed by atoms with Crippen molar-refractivity contribution in [3.05, 3.63) is 59.8 Å². The summed E-state index contributed by atoms with van der Waals surface area (Å²) in [5.74, 6) is -0.479. The van der Waals surface area contributed by atoms with Crippen molar-refractivity contribution < 1.29 is 18.4 Å². The van der Waals surface area contributed by atoms with E-state index < -0.39 is 5.41 Å². The number of nitrogens with one attached hydrogen (secondary N) is 2. The van der Waals surface area contributed by atoms with Gasteiger partial charge >= 0.3 is 0 Å². The van der Waals surface area contributed by atoms with Crippen LogP contribution in [0, 0.1) is 5.82 Å². The van der Waals surface area contributed by atoms with Crippen LogP contribution in [0.4, 0.5) is 4.39 Å². The highest BCUT2D eigenvalue weighted by atomic mass is 19.1. The summed E-state index contributed by atoms with van der Waals surface area (Å²) in [7, 11) is 0. The number of benzene rings is 1. The predicted molar refractivity (Wildman–Crippen MR) is 81.4 cm³/mol. The fourth-order valence-electron chi connectivity index (χ4n) is 2.56. The second-order valence-corrected chi connectivity index (χ2v) is 5.58. The summed E-state index contributed by atoms with van der Waals surface area (Å²) in [5, 5.41) is 5.48. The standard InChI is InChI=1S/C17H17FN2O3/c18-13-5-3-12(4-6-13)17(7-8-17)16(22)20-10-9-19-15(21)14-2-1-11-23-14/h1-6,11H,7-10H2,(H,19,21)(H,20,22). The summed E-state index contributed by atoms with van der Waals surface area (Å²) in [6.07, 6.45) is 2.93. The van der Waals surface area contributed by atoms with E-state index in [4.69, 9.17) is 4.42 Å². The molecule has 1 aliphatic carbocycles. The van der Waals surface area contributed by atoms with Gasteiger partial charge in [-0.15, -0.1) is 0 Å². The number of carbonyl (C=O) groups excluding carboxylic acids is 2. The summed E-state index contributed by atoms with van der Waals surface area (Å²) in [6, 6.07) is 9.25. The molecule has 2 aromatic rings. The van der Waals surface area contributed by atoms with Crippen molar-refractivity contribution >= 4 is 11.8 Å². The first-order valence-corrected chi connectivity index (χ1v) is 7.48. The zero-order valence-corrected chi connectivity index (χ0v) is 12.5. The summed E-state index contributed by atoms with van der Waals surface area (Å²) in [5.41, 5.74) is 0.287. The van der Waals surface area contributed by atoms with Crippen LogP contribution in [-0.2, 0) is 10.2 Å². The molecule has 0 aliphatic heterocycles. The van der Waals surface area contributed by atoms with Gasteiger partial charge in [0.25, 0.3) is 5.91 Å². The Bertz CT molecular complexity index is 691. The minimum Gasteiger partial charge on any atom is -0.459 e. The van der Waals surface area contributed by atoms with Gasteiger partial charge in [0.2, 0.25) is 5.91 Å². The predicted octanol–water partition coefficient (Wildman–Crippen LogP) is 2.00. The van der Waals surface area contributed by atoms with Crippen LogP contribution in [0.3, 0.4) is 0 Å². The molecule has 1 aliphatic rings. The maximum Gasteiger partial charge on any atom is 0.287 e. The molecule has 1 saturated carbocycles. The molecule has 0 atom stereocenters. The van der Waals surface area contributed by atoms with Crippen molar-refractivity contribution in [1.29, 1.82) is 0 Å². The lowest BCUT2D eigenvalue weighted by Gasteiger charge is -2.16. The zero-order valence-electron chi connectivity index (χ0n) is 12.5. The van der Waals surface area contributed by atoms with Crippen LogP contribution in [0.25, 0.3) is 0 Å². The van der Waals surface area contributed by atoms with Crippen LogP contribution < -0.4 is 10.6 Å². The van der Waals surface area contributed by atoms with Gasteiger partial charge < -0.3 is 15.1 Å². The van der Waals surface area contributed by atoms with E-state index in [1.54, 1.807) is 24.3 Å². The maximum atomic E-state index is 13.0. The highest BCUT2D eigenvalue weighted by Gasteiger charge is 2.50. The quantitative estimate of drug-likeness (QED) is 0.801. The van der Waals surface area contributed by atoms with Gasteiger partial charge in [0.05, 0.1) is 11.7 Å². The molecule has 23 heavy (non-hydrogen) atoms. The number of halogens is 1. The Balaban J connectivity index is 1.48. The lowest BCUT2D eigenvalue weighted by molar-refractivity contribution is -0.123. The van der Waals surface area contributed by atoms with Crippen LogP contribution >= 0.6 is 0 Å². The van der Waals surface area contributed by atoms with Gasteiger partial charge in [0.1, 0.15) is 5.82 Å². The van der Waals surface area contributed by atoms with E-state index in [0.717, 1.165) is 18.4 Å². The number of furan rings is 1. The topological polar surface area (TPSA) is 71.3 Å². The van der Waals surface area contributed by atoms with E-state index in [1.807, 2.05) is 0 Å². The number of amides is 2. The Morgan fingerprint density at radius 1 is 1.09 bits per heavy atom. The SMILES string of the molecule is O=C(NCCNC(=O)C1(c2ccc(F)cc2)CC1)c1ccco1. The van der Waals surface area contributed by atoms with E-state index in [-0.39, 0.29) is 23.4 Å². The monoisotopic (exact) mass is 316 g/mol. The van der Waals surface area contributed by atoms with E-state index in [2.05, 4.69) is 10.6 Å². The van der Waals surface area contributed by atoms with Crippen LogP contribution in [0.15, 0.2) is 47.1 Å². The van der Waals surface area contributed by atoms with Crippen LogP contribution in [0.5, 0.6) is 0 Å². The first-order valence-electron chi connectivity index (χ1n) is 7.48. The molecular weight excluding hydrogens is 299 g/mol. The summed E-state index contributed by atoms with van der Waals surface area (Å²) >= 11 is 0. The average molecular weight is 316 g/mol. The molecule has 1 aromatic heterocycles. The van der Waals surface area contributed by atoms with E-state index in [0.29, 0.717) is 13.1 Å². The van der Waals surface area contributed by atoms with Crippen molar-refractivity contribution in [2.24, 2.45) is 0 Å². The minimum absolute atomic E-state index is 0.0867. The number of hydrogen-bond acceptors (Lipinski definition) is 3. The van der Waals surface area contributed by atoms with E-state index in [9.17, 15) is 14.0 Å². The first-order chi connectivity index (χ1) is 11.1. The van der Waals surface area contributed by atoms with Gasteiger partial charge in [0, 0.05) is 13.1 Å². The molecule has 1 aromatic carbocycles. The molecule has 0 saturated heterocycles. The molecule has 0 radical (unpaired) electrons. The zero-order chi connectivity index (χ0) is 16.3. The Hall–Kier alpha value is -2.63. The Kier molecular flexibility index (Phi) is 4.14. The second kappa shape index (κ2) is 6.24. The average Bonchev–Trinajstić information content (AvgIpc) is 3.18. The third-order valence-corrected chi connectivity index (χ3v) is 4.02. The van der Waals surface area contributed by atoms with Crippen molar-refractivity contribution in [1.82, 2.24) is 10.6 Å². The van der Waals surface area contributed by atoms with Gasteiger partial charge in [-0.05, 0) is 42.7 Å². The molecule has 1 fully saturated rings. The third-order valence-electron chi connectivity index (χ3n) is 4.02. The van der Waals surface area contributed by atoms with Crippen LogP contribution in [0.2, 0.25) is 0 Å². The molecule has 0 bridgehead atoms. The molecule has 3 rings (SSSR count).